The topological polar surface area (TPSA) is 47.3 Å². The predicted molar refractivity (Wildman–Crippen MR) is 79.2 cm³/mol. The smallest absolute Gasteiger partial charge is 0.126 e. The molecule has 0 saturated heterocycles. The minimum atomic E-state index is -0.385. The van der Waals surface area contributed by atoms with Crippen molar-refractivity contribution in [1.82, 2.24) is 5.43 Å². The molecule has 0 aliphatic rings. The fourth-order valence-electron chi connectivity index (χ4n) is 2.49. The molecule has 1 aromatic rings. The number of methoxy groups -OCH3 is 1. The Hall–Kier alpha value is -0.490. The van der Waals surface area contributed by atoms with Crippen LogP contribution >= 0.6 is 15.9 Å². The molecule has 0 aliphatic heterocycles. The lowest BCUT2D eigenvalue weighted by molar-refractivity contribution is -0.0474. The van der Waals surface area contributed by atoms with Gasteiger partial charge in [0.05, 0.1) is 11.6 Å². The van der Waals surface area contributed by atoms with Gasteiger partial charge >= 0.3 is 0 Å². The molecule has 0 aliphatic carbocycles. The molecule has 0 bridgehead atoms. The Balaban J connectivity index is 3.01. The molecule has 0 spiro atoms. The molecule has 0 fully saturated rings. The van der Waals surface area contributed by atoms with Gasteiger partial charge in [0.15, 0.2) is 0 Å². The van der Waals surface area contributed by atoms with Crippen LogP contribution in [-0.2, 0) is 11.2 Å². The lowest BCUT2D eigenvalue weighted by Crippen LogP contribution is -2.55. The molecule has 0 heterocycles. The molecule has 3 N–H and O–H groups in total. The molecule has 19 heavy (non-hydrogen) atoms. The van der Waals surface area contributed by atoms with Crippen LogP contribution in [0.5, 0.6) is 0 Å². The van der Waals surface area contributed by atoms with Crippen LogP contribution in [-0.4, -0.2) is 18.8 Å². The van der Waals surface area contributed by atoms with E-state index in [0.717, 1.165) is 17.3 Å². The summed E-state index contributed by atoms with van der Waals surface area (Å²) in [6.07, 6.45) is 2.10. The van der Waals surface area contributed by atoms with Crippen LogP contribution < -0.4 is 11.3 Å². The highest BCUT2D eigenvalue weighted by atomic mass is 79.9. The van der Waals surface area contributed by atoms with Gasteiger partial charge in [-0.2, -0.15) is 0 Å². The molecule has 1 atom stereocenters. The standard InChI is InChI=1S/C14H22BrFN2O/c1-4-14(5-2,19-3)13(18-17)9-10-8-11(15)6-7-12(10)16/h6-8,13,18H,4-5,9,17H2,1-3H3. The summed E-state index contributed by atoms with van der Waals surface area (Å²) in [7, 11) is 1.68. The van der Waals surface area contributed by atoms with E-state index in [1.807, 2.05) is 0 Å². The maximum absolute atomic E-state index is 13.8. The largest absolute Gasteiger partial charge is 0.377 e. The van der Waals surface area contributed by atoms with Gasteiger partial charge in [0.1, 0.15) is 5.82 Å². The van der Waals surface area contributed by atoms with Crippen LogP contribution in [0.3, 0.4) is 0 Å². The van der Waals surface area contributed by atoms with Crippen molar-refractivity contribution in [2.45, 2.75) is 44.8 Å². The van der Waals surface area contributed by atoms with Crippen LogP contribution in [0.2, 0.25) is 0 Å². The Bertz CT molecular complexity index is 402. The molecule has 5 heteroatoms. The van der Waals surface area contributed by atoms with Crippen LogP contribution in [0.15, 0.2) is 22.7 Å². The minimum Gasteiger partial charge on any atom is -0.377 e. The first-order chi connectivity index (χ1) is 9.02. The number of benzene rings is 1. The van der Waals surface area contributed by atoms with E-state index in [-0.39, 0.29) is 17.5 Å². The number of ether oxygens (including phenoxy) is 1. The van der Waals surface area contributed by atoms with Crippen molar-refractivity contribution in [1.29, 1.82) is 0 Å². The van der Waals surface area contributed by atoms with E-state index >= 15 is 0 Å². The van der Waals surface area contributed by atoms with Crippen molar-refractivity contribution in [3.05, 3.63) is 34.1 Å². The molecule has 0 radical (unpaired) electrons. The zero-order valence-corrected chi connectivity index (χ0v) is 13.3. The van der Waals surface area contributed by atoms with Gasteiger partial charge in [0.25, 0.3) is 0 Å². The molecule has 0 aromatic heterocycles. The quantitative estimate of drug-likeness (QED) is 0.595. The fourth-order valence-corrected chi connectivity index (χ4v) is 2.90. The van der Waals surface area contributed by atoms with E-state index < -0.39 is 0 Å². The van der Waals surface area contributed by atoms with Gasteiger partial charge < -0.3 is 4.74 Å². The number of halogens is 2. The van der Waals surface area contributed by atoms with Crippen LogP contribution in [0.1, 0.15) is 32.3 Å². The lowest BCUT2D eigenvalue weighted by atomic mass is 9.84. The van der Waals surface area contributed by atoms with Gasteiger partial charge in [-0.1, -0.05) is 29.8 Å². The van der Waals surface area contributed by atoms with E-state index in [0.29, 0.717) is 12.0 Å². The second kappa shape index (κ2) is 7.33. The number of hydrogen-bond donors (Lipinski definition) is 2. The van der Waals surface area contributed by atoms with E-state index in [4.69, 9.17) is 10.6 Å². The molecule has 0 saturated carbocycles. The summed E-state index contributed by atoms with van der Waals surface area (Å²) in [4.78, 5) is 0. The maximum Gasteiger partial charge on any atom is 0.126 e. The number of hydrogen-bond acceptors (Lipinski definition) is 3. The Morgan fingerprint density at radius 1 is 1.42 bits per heavy atom. The van der Waals surface area contributed by atoms with Gasteiger partial charge in [0, 0.05) is 11.6 Å². The Morgan fingerprint density at radius 2 is 2.05 bits per heavy atom. The van der Waals surface area contributed by atoms with Gasteiger partial charge in [-0.15, -0.1) is 0 Å². The third kappa shape index (κ3) is 3.75. The summed E-state index contributed by atoms with van der Waals surface area (Å²) in [6.45, 7) is 4.10. The van der Waals surface area contributed by atoms with Gasteiger partial charge in [0.2, 0.25) is 0 Å². The van der Waals surface area contributed by atoms with Gasteiger partial charge in [-0.3, -0.25) is 11.3 Å². The Morgan fingerprint density at radius 3 is 2.53 bits per heavy atom. The normalized spacial score (nSPS) is 13.6. The Kier molecular flexibility index (Phi) is 6.39. The molecule has 1 unspecified atom stereocenters. The predicted octanol–water partition coefficient (Wildman–Crippen LogP) is 3.17. The van der Waals surface area contributed by atoms with E-state index in [2.05, 4.69) is 35.2 Å². The monoisotopic (exact) mass is 332 g/mol. The highest BCUT2D eigenvalue weighted by molar-refractivity contribution is 9.10. The van der Waals surface area contributed by atoms with Crippen LogP contribution in [0.25, 0.3) is 0 Å². The third-order valence-electron chi connectivity index (χ3n) is 3.87. The van der Waals surface area contributed by atoms with E-state index in [9.17, 15) is 4.39 Å². The molecular formula is C14H22BrFN2O. The summed E-state index contributed by atoms with van der Waals surface area (Å²) in [5.41, 5.74) is 3.02. The molecule has 1 rings (SSSR count). The number of nitrogens with one attached hydrogen (secondary N) is 1. The number of hydrazine groups is 1. The summed E-state index contributed by atoms with van der Waals surface area (Å²) >= 11 is 3.36. The first-order valence-corrected chi connectivity index (χ1v) is 7.27. The molecule has 3 nitrogen and oxygen atoms in total. The molecule has 0 amide bonds. The molecule has 1 aromatic carbocycles. The van der Waals surface area contributed by atoms with E-state index in [1.165, 1.54) is 6.07 Å². The number of nitrogens with two attached hydrogens (primary N) is 1. The molecule has 108 valence electrons. The maximum atomic E-state index is 13.8. The fraction of sp³-hybridized carbons (Fsp3) is 0.571. The first kappa shape index (κ1) is 16.6. The lowest BCUT2D eigenvalue weighted by Gasteiger charge is -2.38. The van der Waals surface area contributed by atoms with Crippen molar-refractivity contribution >= 4 is 15.9 Å². The summed E-state index contributed by atoms with van der Waals surface area (Å²) in [6, 6.07) is 4.79. The third-order valence-corrected chi connectivity index (χ3v) is 4.36. The zero-order chi connectivity index (χ0) is 14.5. The van der Waals surface area contributed by atoms with Gasteiger partial charge in [-0.25, -0.2) is 4.39 Å². The van der Waals surface area contributed by atoms with Crippen LogP contribution in [0.4, 0.5) is 4.39 Å². The van der Waals surface area contributed by atoms with E-state index in [1.54, 1.807) is 19.2 Å². The zero-order valence-electron chi connectivity index (χ0n) is 11.7. The second-order valence-electron chi connectivity index (χ2n) is 4.64. The number of rotatable bonds is 7. The summed E-state index contributed by atoms with van der Waals surface area (Å²) in [5.74, 6) is 5.44. The first-order valence-electron chi connectivity index (χ1n) is 6.48. The highest BCUT2D eigenvalue weighted by Crippen LogP contribution is 2.27. The van der Waals surface area contributed by atoms with Crippen molar-refractivity contribution < 1.29 is 9.13 Å². The average molecular weight is 333 g/mol. The summed E-state index contributed by atoms with van der Waals surface area (Å²) < 4.78 is 20.3. The van der Waals surface area contributed by atoms with Crippen molar-refractivity contribution in [3.8, 4) is 0 Å². The minimum absolute atomic E-state index is 0.142. The Labute approximate surface area is 122 Å². The van der Waals surface area contributed by atoms with Crippen molar-refractivity contribution in [2.75, 3.05) is 7.11 Å². The average Bonchev–Trinajstić information content (AvgIpc) is 2.43. The highest BCUT2D eigenvalue weighted by Gasteiger charge is 2.35. The van der Waals surface area contributed by atoms with Crippen molar-refractivity contribution in [2.24, 2.45) is 5.84 Å². The molecular weight excluding hydrogens is 311 g/mol. The summed E-state index contributed by atoms with van der Waals surface area (Å²) in [5, 5.41) is 0. The second-order valence-corrected chi connectivity index (χ2v) is 5.55. The van der Waals surface area contributed by atoms with Crippen molar-refractivity contribution in [3.63, 3.8) is 0 Å². The SMILES string of the molecule is CCC(CC)(OC)C(Cc1cc(Br)ccc1F)NN. The van der Waals surface area contributed by atoms with Crippen LogP contribution in [0, 0.1) is 5.82 Å². The van der Waals surface area contributed by atoms with Gasteiger partial charge in [-0.05, 0) is 43.0 Å².